The lowest BCUT2D eigenvalue weighted by Gasteiger charge is -2.21. The Labute approximate surface area is 100.0 Å². The molecule has 0 saturated carbocycles. The van der Waals surface area contributed by atoms with Gasteiger partial charge >= 0.3 is 0 Å². The van der Waals surface area contributed by atoms with Crippen molar-refractivity contribution in [3.63, 3.8) is 0 Å². The highest BCUT2D eigenvalue weighted by Crippen LogP contribution is 2.15. The van der Waals surface area contributed by atoms with Crippen LogP contribution in [0, 0.1) is 0 Å². The van der Waals surface area contributed by atoms with Crippen molar-refractivity contribution >= 4 is 28.6 Å². The molecule has 0 aromatic heterocycles. The minimum atomic E-state index is 0.294. The van der Waals surface area contributed by atoms with Crippen molar-refractivity contribution in [2.45, 2.75) is 24.5 Å². The van der Waals surface area contributed by atoms with Gasteiger partial charge in [0.15, 0.2) is 0 Å². The fourth-order valence-corrected chi connectivity index (χ4v) is 2.25. The Kier molecular flexibility index (Phi) is 5.34. The molecular formula is C12H14BrS-. The smallest absolute Gasteiger partial charge is 0.0138 e. The molecule has 14 heavy (non-hydrogen) atoms. The lowest BCUT2D eigenvalue weighted by Crippen LogP contribution is -2.04. The summed E-state index contributed by atoms with van der Waals surface area (Å²) in [6, 6.07) is 10.5. The molecule has 1 aromatic rings. The van der Waals surface area contributed by atoms with E-state index in [-0.39, 0.29) is 0 Å². The molecule has 2 heteroatoms. The van der Waals surface area contributed by atoms with Crippen LogP contribution in [-0.2, 0) is 19.0 Å². The van der Waals surface area contributed by atoms with Crippen LogP contribution in [-0.4, -0.2) is 5.25 Å². The Hall–Kier alpha value is -0.210. The van der Waals surface area contributed by atoms with Crippen molar-refractivity contribution in [2.24, 2.45) is 0 Å². The van der Waals surface area contributed by atoms with Gasteiger partial charge in [0.1, 0.15) is 0 Å². The first-order valence-corrected chi connectivity index (χ1v) is 5.98. The molecule has 0 bridgehead atoms. The second kappa shape index (κ2) is 6.31. The van der Waals surface area contributed by atoms with Crippen LogP contribution in [0.4, 0.5) is 0 Å². The zero-order valence-corrected chi connectivity index (χ0v) is 10.5. The van der Waals surface area contributed by atoms with Gasteiger partial charge in [-0.25, -0.2) is 0 Å². The molecule has 76 valence electrons. The minimum Gasteiger partial charge on any atom is -0.789 e. The van der Waals surface area contributed by atoms with Gasteiger partial charge in [-0.05, 0) is 22.9 Å². The highest BCUT2D eigenvalue weighted by Gasteiger charge is 1.96. The van der Waals surface area contributed by atoms with E-state index in [9.17, 15) is 0 Å². The van der Waals surface area contributed by atoms with Crippen molar-refractivity contribution in [1.82, 2.24) is 0 Å². The zero-order valence-electron chi connectivity index (χ0n) is 8.08. The fourth-order valence-electron chi connectivity index (χ4n) is 1.32. The molecule has 0 N–H and O–H groups in total. The van der Waals surface area contributed by atoms with Crippen molar-refractivity contribution in [2.75, 3.05) is 0 Å². The monoisotopic (exact) mass is 269 g/mol. The lowest BCUT2D eigenvalue weighted by molar-refractivity contribution is 0.767. The maximum Gasteiger partial charge on any atom is -0.0138 e. The third-order valence-electron chi connectivity index (χ3n) is 2.05. The second-order valence-electron chi connectivity index (χ2n) is 3.37. The summed E-state index contributed by atoms with van der Waals surface area (Å²) in [5.74, 6) is 0. The van der Waals surface area contributed by atoms with E-state index >= 15 is 0 Å². The van der Waals surface area contributed by atoms with E-state index in [1.165, 1.54) is 5.56 Å². The van der Waals surface area contributed by atoms with Crippen molar-refractivity contribution in [3.05, 3.63) is 47.0 Å². The van der Waals surface area contributed by atoms with E-state index in [2.05, 4.69) is 46.8 Å². The van der Waals surface area contributed by atoms with Crippen molar-refractivity contribution in [3.8, 4) is 0 Å². The number of benzene rings is 1. The van der Waals surface area contributed by atoms with E-state index in [4.69, 9.17) is 12.6 Å². The SMILES string of the molecule is C=C(Br)CC([S-])CCc1ccccc1. The maximum atomic E-state index is 5.32. The summed E-state index contributed by atoms with van der Waals surface area (Å²) in [6.45, 7) is 3.80. The van der Waals surface area contributed by atoms with E-state index in [1.807, 2.05) is 6.07 Å². The topological polar surface area (TPSA) is 0 Å². The van der Waals surface area contributed by atoms with E-state index in [0.717, 1.165) is 23.7 Å². The van der Waals surface area contributed by atoms with Crippen LogP contribution in [0.3, 0.4) is 0 Å². The lowest BCUT2D eigenvalue weighted by atomic mass is 10.1. The van der Waals surface area contributed by atoms with Crippen LogP contribution >= 0.6 is 15.9 Å². The summed E-state index contributed by atoms with van der Waals surface area (Å²) in [4.78, 5) is 0. The van der Waals surface area contributed by atoms with Crippen molar-refractivity contribution in [1.29, 1.82) is 0 Å². The predicted molar refractivity (Wildman–Crippen MR) is 68.6 cm³/mol. The summed E-state index contributed by atoms with van der Waals surface area (Å²) in [5.41, 5.74) is 1.36. The molecule has 0 saturated heterocycles. The first-order chi connectivity index (χ1) is 6.68. The molecule has 1 rings (SSSR count). The van der Waals surface area contributed by atoms with Crippen LogP contribution in [0.5, 0.6) is 0 Å². The third-order valence-corrected chi connectivity index (χ3v) is 2.77. The molecular weight excluding hydrogens is 256 g/mol. The number of halogens is 1. The van der Waals surface area contributed by atoms with Gasteiger partial charge in [-0.2, -0.15) is 5.25 Å². The summed E-state index contributed by atoms with van der Waals surface area (Å²) in [6.07, 6.45) is 3.00. The molecule has 0 heterocycles. The maximum absolute atomic E-state index is 5.32. The molecule has 0 aliphatic carbocycles. The number of hydrogen-bond donors (Lipinski definition) is 0. The van der Waals surface area contributed by atoms with Gasteiger partial charge in [0.05, 0.1) is 0 Å². The van der Waals surface area contributed by atoms with E-state index in [0.29, 0.717) is 5.25 Å². The van der Waals surface area contributed by atoms with Gasteiger partial charge in [-0.3, -0.25) is 0 Å². The van der Waals surface area contributed by atoms with Crippen LogP contribution in [0.25, 0.3) is 0 Å². The molecule has 0 aliphatic heterocycles. The molecule has 0 spiro atoms. The molecule has 0 fully saturated rings. The Morgan fingerprint density at radius 1 is 1.36 bits per heavy atom. The average molecular weight is 270 g/mol. The Morgan fingerprint density at radius 2 is 2.00 bits per heavy atom. The largest absolute Gasteiger partial charge is 0.789 e. The summed E-state index contributed by atoms with van der Waals surface area (Å²) < 4.78 is 1.01. The minimum absolute atomic E-state index is 0.294. The number of rotatable bonds is 5. The van der Waals surface area contributed by atoms with E-state index < -0.39 is 0 Å². The van der Waals surface area contributed by atoms with Gasteiger partial charge < -0.3 is 12.6 Å². The summed E-state index contributed by atoms with van der Waals surface area (Å²) in [7, 11) is 0. The molecule has 1 aromatic carbocycles. The predicted octanol–water partition coefficient (Wildman–Crippen LogP) is 3.83. The number of hydrogen-bond acceptors (Lipinski definition) is 1. The summed E-state index contributed by atoms with van der Waals surface area (Å²) in [5, 5.41) is 0.294. The Bertz CT molecular complexity index is 282. The molecule has 0 radical (unpaired) electrons. The molecule has 0 aliphatic rings. The normalized spacial score (nSPS) is 12.4. The molecule has 1 unspecified atom stereocenters. The molecule has 1 atom stereocenters. The Balaban J connectivity index is 2.30. The first-order valence-electron chi connectivity index (χ1n) is 4.71. The van der Waals surface area contributed by atoms with Gasteiger partial charge in [-0.1, -0.05) is 59.3 Å². The Morgan fingerprint density at radius 3 is 2.57 bits per heavy atom. The van der Waals surface area contributed by atoms with Gasteiger partial charge in [0.25, 0.3) is 0 Å². The summed E-state index contributed by atoms with van der Waals surface area (Å²) >= 11 is 8.66. The first kappa shape index (κ1) is 11.9. The van der Waals surface area contributed by atoms with E-state index in [1.54, 1.807) is 0 Å². The zero-order chi connectivity index (χ0) is 10.4. The van der Waals surface area contributed by atoms with Gasteiger partial charge in [0.2, 0.25) is 0 Å². The van der Waals surface area contributed by atoms with Gasteiger partial charge in [0, 0.05) is 0 Å². The van der Waals surface area contributed by atoms with Crippen LogP contribution in [0.2, 0.25) is 0 Å². The average Bonchev–Trinajstić information content (AvgIpc) is 2.15. The molecule has 0 amide bonds. The molecule has 0 nitrogen and oxygen atoms in total. The standard InChI is InChI=1S/C12H15BrS/c1-10(13)9-12(14)8-7-11-5-3-2-4-6-11/h2-6,12,14H,1,7-9H2/p-1. The highest BCUT2D eigenvalue weighted by atomic mass is 79.9. The number of aryl methyl sites for hydroxylation is 1. The fraction of sp³-hybridized carbons (Fsp3) is 0.333. The van der Waals surface area contributed by atoms with Crippen LogP contribution in [0.1, 0.15) is 18.4 Å². The second-order valence-corrected chi connectivity index (χ2v) is 5.16. The highest BCUT2D eigenvalue weighted by molar-refractivity contribution is 9.11. The quantitative estimate of drug-likeness (QED) is 0.733. The third kappa shape index (κ3) is 4.87. The van der Waals surface area contributed by atoms with Gasteiger partial charge in [-0.15, -0.1) is 0 Å². The van der Waals surface area contributed by atoms with Crippen molar-refractivity contribution < 1.29 is 0 Å². The van der Waals surface area contributed by atoms with Crippen LogP contribution in [0.15, 0.2) is 41.4 Å². The number of allylic oxidation sites excluding steroid dienone is 1. The van der Waals surface area contributed by atoms with Crippen LogP contribution < -0.4 is 0 Å².